The molecule has 18 heavy (non-hydrogen) atoms. The molecular weight excluding hydrogens is 228 g/mol. The van der Waals surface area contributed by atoms with Gasteiger partial charge in [0.1, 0.15) is 0 Å². The summed E-state index contributed by atoms with van der Waals surface area (Å²) >= 11 is 0. The molecule has 1 rings (SSSR count). The van der Waals surface area contributed by atoms with Gasteiger partial charge in [-0.2, -0.15) is 5.26 Å². The van der Waals surface area contributed by atoms with Gasteiger partial charge >= 0.3 is 0 Å². The summed E-state index contributed by atoms with van der Waals surface area (Å²) in [7, 11) is 0. The van der Waals surface area contributed by atoms with Gasteiger partial charge in [-0.15, -0.1) is 0 Å². The predicted octanol–water partition coefficient (Wildman–Crippen LogP) is 0.837. The molecular formula is C13H26N4O. The fraction of sp³-hybridized carbons (Fsp3) is 0.923. The second-order valence-electron chi connectivity index (χ2n) is 5.00. The highest BCUT2D eigenvalue weighted by Crippen LogP contribution is 2.02. The van der Waals surface area contributed by atoms with Crippen molar-refractivity contribution >= 4 is 0 Å². The molecule has 1 heterocycles. The quantitative estimate of drug-likeness (QED) is 0.395. The average Bonchev–Trinajstić information content (AvgIpc) is 2.38. The first-order valence-corrected chi connectivity index (χ1v) is 6.91. The number of ether oxygens (including phenoxy) is 1. The van der Waals surface area contributed by atoms with Gasteiger partial charge in [-0.25, -0.2) is 0 Å². The summed E-state index contributed by atoms with van der Waals surface area (Å²) in [6, 6.07) is 0. The van der Waals surface area contributed by atoms with Crippen LogP contribution in [0.15, 0.2) is 0 Å². The van der Waals surface area contributed by atoms with Gasteiger partial charge in [0.2, 0.25) is 0 Å². The minimum atomic E-state index is 0.300. The average molecular weight is 254 g/mol. The minimum Gasteiger partial charge on any atom is -0.364 e. The maximum Gasteiger partial charge on any atom is 0.179 e. The molecule has 1 aliphatic heterocycles. The summed E-state index contributed by atoms with van der Waals surface area (Å²) in [6.07, 6.45) is 4.90. The molecule has 0 amide bonds. The molecule has 1 aliphatic rings. The SMILES string of the molecule is CC(C)OCNCCCCN1CCN(C#N)CC1. The van der Waals surface area contributed by atoms with Gasteiger partial charge in [-0.05, 0) is 39.8 Å². The molecule has 5 nitrogen and oxygen atoms in total. The molecule has 104 valence electrons. The van der Waals surface area contributed by atoms with E-state index in [1.54, 1.807) is 0 Å². The standard InChI is InChI=1S/C13H26N4O/c1-13(2)18-12-15-5-3-4-6-16-7-9-17(11-14)10-8-16/h13,15H,3-10,12H2,1-2H3. The van der Waals surface area contributed by atoms with Crippen molar-refractivity contribution in [3.63, 3.8) is 0 Å². The first-order chi connectivity index (χ1) is 8.72. The van der Waals surface area contributed by atoms with Gasteiger partial charge in [-0.3, -0.25) is 10.2 Å². The molecule has 0 aromatic heterocycles. The van der Waals surface area contributed by atoms with E-state index in [1.165, 1.54) is 12.8 Å². The molecule has 0 unspecified atom stereocenters. The monoisotopic (exact) mass is 254 g/mol. The van der Waals surface area contributed by atoms with Crippen molar-refractivity contribution in [1.29, 1.82) is 5.26 Å². The van der Waals surface area contributed by atoms with Crippen LogP contribution in [0.5, 0.6) is 0 Å². The number of piperazine rings is 1. The molecule has 0 aromatic carbocycles. The summed E-state index contributed by atoms with van der Waals surface area (Å²) in [5, 5.41) is 12.0. The lowest BCUT2D eigenvalue weighted by molar-refractivity contribution is 0.0643. The van der Waals surface area contributed by atoms with Crippen LogP contribution >= 0.6 is 0 Å². The maximum atomic E-state index is 8.75. The summed E-state index contributed by atoms with van der Waals surface area (Å²) in [6.45, 7) is 10.7. The number of unbranched alkanes of at least 4 members (excludes halogenated alkanes) is 1. The third-order valence-corrected chi connectivity index (χ3v) is 3.11. The summed E-state index contributed by atoms with van der Waals surface area (Å²) in [4.78, 5) is 4.28. The third kappa shape index (κ3) is 6.80. The number of nitriles is 1. The van der Waals surface area contributed by atoms with Crippen molar-refractivity contribution in [2.45, 2.75) is 32.8 Å². The molecule has 1 saturated heterocycles. The van der Waals surface area contributed by atoms with E-state index in [0.29, 0.717) is 12.8 Å². The lowest BCUT2D eigenvalue weighted by atomic mass is 10.2. The second-order valence-corrected chi connectivity index (χ2v) is 5.00. The molecule has 0 saturated carbocycles. The molecule has 1 fully saturated rings. The Bertz CT molecular complexity index is 244. The molecule has 0 aromatic rings. The van der Waals surface area contributed by atoms with Crippen molar-refractivity contribution in [3.05, 3.63) is 0 Å². The Morgan fingerprint density at radius 1 is 1.22 bits per heavy atom. The lowest BCUT2D eigenvalue weighted by Gasteiger charge is -2.31. The molecule has 0 spiro atoms. The summed E-state index contributed by atoms with van der Waals surface area (Å²) in [5.41, 5.74) is 0. The van der Waals surface area contributed by atoms with Gasteiger partial charge in [0, 0.05) is 26.2 Å². The topological polar surface area (TPSA) is 51.5 Å². The van der Waals surface area contributed by atoms with Crippen molar-refractivity contribution in [3.8, 4) is 6.19 Å². The van der Waals surface area contributed by atoms with E-state index in [2.05, 4.69) is 16.4 Å². The fourth-order valence-electron chi connectivity index (χ4n) is 1.95. The Labute approximate surface area is 111 Å². The van der Waals surface area contributed by atoms with Crippen LogP contribution in [-0.4, -0.2) is 61.9 Å². The smallest absolute Gasteiger partial charge is 0.179 e. The number of rotatable bonds is 8. The van der Waals surface area contributed by atoms with Crippen LogP contribution < -0.4 is 5.32 Å². The highest BCUT2D eigenvalue weighted by atomic mass is 16.5. The first kappa shape index (κ1) is 15.2. The first-order valence-electron chi connectivity index (χ1n) is 6.91. The van der Waals surface area contributed by atoms with E-state index in [9.17, 15) is 0 Å². The van der Waals surface area contributed by atoms with Gasteiger partial charge < -0.3 is 9.64 Å². The van der Waals surface area contributed by atoms with Crippen LogP contribution in [0.1, 0.15) is 26.7 Å². The van der Waals surface area contributed by atoms with E-state index in [0.717, 1.165) is 39.3 Å². The zero-order valence-corrected chi connectivity index (χ0v) is 11.7. The van der Waals surface area contributed by atoms with Crippen molar-refractivity contribution in [2.75, 3.05) is 46.0 Å². The van der Waals surface area contributed by atoms with Crippen LogP contribution in [0.4, 0.5) is 0 Å². The molecule has 0 aliphatic carbocycles. The summed E-state index contributed by atoms with van der Waals surface area (Å²) < 4.78 is 5.40. The largest absolute Gasteiger partial charge is 0.364 e. The summed E-state index contributed by atoms with van der Waals surface area (Å²) in [5.74, 6) is 0. The van der Waals surface area contributed by atoms with E-state index >= 15 is 0 Å². The number of hydrogen-bond acceptors (Lipinski definition) is 5. The van der Waals surface area contributed by atoms with E-state index in [4.69, 9.17) is 10.00 Å². The van der Waals surface area contributed by atoms with Crippen molar-refractivity contribution < 1.29 is 4.74 Å². The van der Waals surface area contributed by atoms with E-state index in [-0.39, 0.29) is 0 Å². The van der Waals surface area contributed by atoms with Gasteiger partial charge in [0.25, 0.3) is 0 Å². The van der Waals surface area contributed by atoms with Crippen LogP contribution in [0.25, 0.3) is 0 Å². The van der Waals surface area contributed by atoms with Crippen LogP contribution in [-0.2, 0) is 4.74 Å². The van der Waals surface area contributed by atoms with Crippen LogP contribution in [0.3, 0.4) is 0 Å². The predicted molar refractivity (Wildman–Crippen MR) is 72.0 cm³/mol. The zero-order valence-electron chi connectivity index (χ0n) is 11.7. The van der Waals surface area contributed by atoms with Gasteiger partial charge in [0.05, 0.1) is 12.8 Å². The molecule has 5 heteroatoms. The second kappa shape index (κ2) is 9.15. The highest BCUT2D eigenvalue weighted by Gasteiger charge is 2.14. The molecule has 0 atom stereocenters. The van der Waals surface area contributed by atoms with Crippen molar-refractivity contribution in [2.24, 2.45) is 0 Å². The number of hydrogen-bond donors (Lipinski definition) is 1. The number of nitrogens with zero attached hydrogens (tertiary/aromatic N) is 3. The Balaban J connectivity index is 1.88. The minimum absolute atomic E-state index is 0.300. The zero-order chi connectivity index (χ0) is 13.2. The number of nitrogens with one attached hydrogen (secondary N) is 1. The Morgan fingerprint density at radius 2 is 1.94 bits per heavy atom. The fourth-order valence-corrected chi connectivity index (χ4v) is 1.95. The van der Waals surface area contributed by atoms with E-state index in [1.807, 2.05) is 18.7 Å². The van der Waals surface area contributed by atoms with Crippen LogP contribution in [0, 0.1) is 11.5 Å². The van der Waals surface area contributed by atoms with Gasteiger partial charge in [-0.1, -0.05) is 0 Å². The lowest BCUT2D eigenvalue weighted by Crippen LogP contribution is -2.44. The Kier molecular flexibility index (Phi) is 7.74. The molecule has 1 N–H and O–H groups in total. The Hall–Kier alpha value is -0.830. The highest BCUT2D eigenvalue weighted by molar-refractivity contribution is 4.80. The maximum absolute atomic E-state index is 8.75. The van der Waals surface area contributed by atoms with E-state index < -0.39 is 0 Å². The molecule has 0 radical (unpaired) electrons. The van der Waals surface area contributed by atoms with Gasteiger partial charge in [0.15, 0.2) is 6.19 Å². The Morgan fingerprint density at radius 3 is 2.56 bits per heavy atom. The normalized spacial score (nSPS) is 17.1. The third-order valence-electron chi connectivity index (χ3n) is 3.11. The van der Waals surface area contributed by atoms with Crippen molar-refractivity contribution in [1.82, 2.24) is 15.1 Å². The molecule has 0 bridgehead atoms. The van der Waals surface area contributed by atoms with Crippen LogP contribution in [0.2, 0.25) is 0 Å².